The number of nitriles is 1. The summed E-state index contributed by atoms with van der Waals surface area (Å²) in [6.45, 7) is 0.109. The molecule has 0 atom stereocenters. The van der Waals surface area contributed by atoms with Crippen LogP contribution < -0.4 is 4.74 Å². The van der Waals surface area contributed by atoms with Crippen LogP contribution in [0.4, 0.5) is 0 Å². The fourth-order valence-corrected chi connectivity index (χ4v) is 1.21. The minimum absolute atomic E-state index is 0.109. The molecule has 16 heavy (non-hydrogen) atoms. The zero-order valence-corrected chi connectivity index (χ0v) is 8.94. The van der Waals surface area contributed by atoms with Crippen molar-refractivity contribution in [3.8, 4) is 11.8 Å². The van der Waals surface area contributed by atoms with Crippen LogP contribution in [-0.2, 0) is 4.79 Å². The minimum Gasteiger partial charge on any atom is -0.488 e. The van der Waals surface area contributed by atoms with Crippen molar-refractivity contribution in [3.05, 3.63) is 40.9 Å². The molecule has 0 amide bonds. The molecular formula is C11H8ClNO3. The number of rotatable bonds is 4. The Hall–Kier alpha value is -1.99. The van der Waals surface area contributed by atoms with Crippen LogP contribution >= 0.6 is 11.6 Å². The summed E-state index contributed by atoms with van der Waals surface area (Å²) in [6.07, 6.45) is 2.34. The van der Waals surface area contributed by atoms with Crippen LogP contribution in [0.1, 0.15) is 5.56 Å². The Morgan fingerprint density at radius 3 is 2.94 bits per heavy atom. The molecule has 0 radical (unpaired) electrons. The topological polar surface area (TPSA) is 70.3 Å². The molecule has 1 aromatic carbocycles. The number of carboxylic acid groups (broad SMARTS) is 1. The Morgan fingerprint density at radius 1 is 1.62 bits per heavy atom. The molecule has 0 saturated heterocycles. The highest BCUT2D eigenvalue weighted by atomic mass is 35.5. The van der Waals surface area contributed by atoms with Gasteiger partial charge in [0.05, 0.1) is 16.7 Å². The van der Waals surface area contributed by atoms with Crippen molar-refractivity contribution in [2.75, 3.05) is 6.61 Å². The van der Waals surface area contributed by atoms with Gasteiger partial charge in [-0.2, -0.15) is 5.26 Å². The summed E-state index contributed by atoms with van der Waals surface area (Å²) < 4.78 is 5.20. The van der Waals surface area contributed by atoms with Crippen LogP contribution in [0.3, 0.4) is 0 Å². The van der Waals surface area contributed by atoms with E-state index in [1.807, 2.05) is 6.07 Å². The van der Waals surface area contributed by atoms with Crippen LogP contribution in [0.25, 0.3) is 0 Å². The number of halogens is 1. The van der Waals surface area contributed by atoms with E-state index in [0.29, 0.717) is 16.3 Å². The van der Waals surface area contributed by atoms with Gasteiger partial charge < -0.3 is 9.84 Å². The van der Waals surface area contributed by atoms with Crippen molar-refractivity contribution in [1.82, 2.24) is 0 Å². The zero-order valence-electron chi connectivity index (χ0n) is 8.18. The Balaban J connectivity index is 2.62. The second-order valence-corrected chi connectivity index (χ2v) is 3.22. The van der Waals surface area contributed by atoms with Crippen LogP contribution in [0.2, 0.25) is 5.02 Å². The Labute approximate surface area is 97.3 Å². The van der Waals surface area contributed by atoms with Gasteiger partial charge in [-0.05, 0) is 24.3 Å². The second-order valence-electron chi connectivity index (χ2n) is 2.81. The lowest BCUT2D eigenvalue weighted by Crippen LogP contribution is -1.96. The van der Waals surface area contributed by atoms with Crippen molar-refractivity contribution < 1.29 is 14.6 Å². The molecule has 0 aliphatic carbocycles. The number of nitrogens with zero attached hydrogens (tertiary/aromatic N) is 1. The first-order valence-corrected chi connectivity index (χ1v) is 4.73. The van der Waals surface area contributed by atoms with Crippen LogP contribution in [0.5, 0.6) is 5.75 Å². The van der Waals surface area contributed by atoms with Gasteiger partial charge in [-0.25, -0.2) is 4.79 Å². The van der Waals surface area contributed by atoms with Crippen molar-refractivity contribution in [3.63, 3.8) is 0 Å². The van der Waals surface area contributed by atoms with Gasteiger partial charge in [-0.3, -0.25) is 0 Å². The summed E-state index contributed by atoms with van der Waals surface area (Å²) in [5, 5.41) is 17.3. The molecule has 1 aromatic rings. The van der Waals surface area contributed by atoms with Crippen LogP contribution in [0.15, 0.2) is 30.4 Å². The summed E-state index contributed by atoms with van der Waals surface area (Å²) in [6, 6.07) is 6.57. The van der Waals surface area contributed by atoms with E-state index < -0.39 is 5.97 Å². The van der Waals surface area contributed by atoms with E-state index in [1.165, 1.54) is 12.1 Å². The molecule has 82 valence electrons. The lowest BCUT2D eigenvalue weighted by Gasteiger charge is -2.04. The van der Waals surface area contributed by atoms with Gasteiger partial charge in [-0.1, -0.05) is 11.6 Å². The quantitative estimate of drug-likeness (QED) is 0.816. The Bertz CT molecular complexity index is 463. The minimum atomic E-state index is -1.03. The summed E-state index contributed by atoms with van der Waals surface area (Å²) in [5.74, 6) is -0.620. The number of carboxylic acids is 1. The highest BCUT2D eigenvalue weighted by molar-refractivity contribution is 6.32. The molecule has 0 spiro atoms. The molecule has 0 unspecified atom stereocenters. The number of hydrogen-bond donors (Lipinski definition) is 1. The first-order chi connectivity index (χ1) is 7.63. The van der Waals surface area contributed by atoms with E-state index in [0.717, 1.165) is 6.08 Å². The molecule has 0 saturated carbocycles. The Kier molecular flexibility index (Phi) is 4.37. The predicted octanol–water partition coefficient (Wildman–Crippen LogP) is 2.23. The standard InChI is InChI=1S/C11H8ClNO3/c12-9-6-8(7-13)3-4-10(9)16-5-1-2-11(14)15/h1-4,6H,5H2,(H,14,15). The molecule has 4 nitrogen and oxygen atoms in total. The lowest BCUT2D eigenvalue weighted by molar-refractivity contribution is -0.131. The lowest BCUT2D eigenvalue weighted by atomic mass is 10.2. The van der Waals surface area contributed by atoms with E-state index in [4.69, 9.17) is 26.7 Å². The molecule has 0 aliphatic rings. The number of carbonyl (C=O) groups is 1. The molecule has 0 aromatic heterocycles. The molecule has 5 heteroatoms. The highest BCUT2D eigenvalue weighted by Gasteiger charge is 2.01. The molecule has 0 bridgehead atoms. The third-order valence-corrected chi connectivity index (χ3v) is 1.95. The van der Waals surface area contributed by atoms with E-state index in [1.54, 1.807) is 12.1 Å². The smallest absolute Gasteiger partial charge is 0.328 e. The number of ether oxygens (including phenoxy) is 1. The summed E-state index contributed by atoms with van der Waals surface area (Å²) in [5.41, 5.74) is 0.443. The average Bonchev–Trinajstić information content (AvgIpc) is 2.25. The van der Waals surface area contributed by atoms with E-state index in [-0.39, 0.29) is 6.61 Å². The molecular weight excluding hydrogens is 230 g/mol. The Morgan fingerprint density at radius 2 is 2.38 bits per heavy atom. The van der Waals surface area contributed by atoms with Gasteiger partial charge in [0.2, 0.25) is 0 Å². The zero-order chi connectivity index (χ0) is 12.0. The summed E-state index contributed by atoms with van der Waals surface area (Å²) in [7, 11) is 0. The summed E-state index contributed by atoms with van der Waals surface area (Å²) >= 11 is 5.83. The van der Waals surface area contributed by atoms with Gasteiger partial charge in [-0.15, -0.1) is 0 Å². The van der Waals surface area contributed by atoms with Gasteiger partial charge in [0, 0.05) is 6.08 Å². The fourth-order valence-electron chi connectivity index (χ4n) is 0.974. The van der Waals surface area contributed by atoms with Gasteiger partial charge in [0.25, 0.3) is 0 Å². The normalized spacial score (nSPS) is 10.0. The SMILES string of the molecule is N#Cc1ccc(OCC=CC(=O)O)c(Cl)c1. The molecule has 0 heterocycles. The third kappa shape index (κ3) is 3.64. The first kappa shape index (κ1) is 12.1. The van der Waals surface area contributed by atoms with E-state index in [9.17, 15) is 4.79 Å². The number of aliphatic carboxylic acids is 1. The van der Waals surface area contributed by atoms with E-state index >= 15 is 0 Å². The van der Waals surface area contributed by atoms with Crippen molar-refractivity contribution in [2.24, 2.45) is 0 Å². The van der Waals surface area contributed by atoms with Gasteiger partial charge in [0.1, 0.15) is 12.4 Å². The van der Waals surface area contributed by atoms with Crippen LogP contribution in [-0.4, -0.2) is 17.7 Å². The van der Waals surface area contributed by atoms with E-state index in [2.05, 4.69) is 0 Å². The molecule has 0 aliphatic heterocycles. The average molecular weight is 238 g/mol. The third-order valence-electron chi connectivity index (χ3n) is 1.66. The maximum absolute atomic E-state index is 10.2. The predicted molar refractivity (Wildman–Crippen MR) is 58.4 cm³/mol. The van der Waals surface area contributed by atoms with Crippen molar-refractivity contribution in [1.29, 1.82) is 5.26 Å². The first-order valence-electron chi connectivity index (χ1n) is 4.35. The maximum Gasteiger partial charge on any atom is 0.328 e. The summed E-state index contributed by atoms with van der Waals surface area (Å²) in [4.78, 5) is 10.2. The number of hydrogen-bond acceptors (Lipinski definition) is 3. The fraction of sp³-hybridized carbons (Fsp3) is 0.0909. The largest absolute Gasteiger partial charge is 0.488 e. The molecule has 1 N–H and O–H groups in total. The second kappa shape index (κ2) is 5.79. The van der Waals surface area contributed by atoms with Crippen LogP contribution in [0, 0.1) is 11.3 Å². The monoisotopic (exact) mass is 237 g/mol. The van der Waals surface area contributed by atoms with Gasteiger partial charge >= 0.3 is 5.97 Å². The molecule has 1 rings (SSSR count). The molecule has 0 fully saturated rings. The number of benzene rings is 1. The maximum atomic E-state index is 10.2. The van der Waals surface area contributed by atoms with Crippen molar-refractivity contribution in [2.45, 2.75) is 0 Å². The van der Waals surface area contributed by atoms with Gasteiger partial charge in [0.15, 0.2) is 0 Å². The van der Waals surface area contributed by atoms with Crippen molar-refractivity contribution >= 4 is 17.6 Å². The highest BCUT2D eigenvalue weighted by Crippen LogP contribution is 2.24.